The lowest BCUT2D eigenvalue weighted by Gasteiger charge is -2.24. The minimum atomic E-state index is -4.28. The van der Waals surface area contributed by atoms with E-state index in [0.717, 1.165) is 44.9 Å². The number of quaternary nitrogens is 1. The van der Waals surface area contributed by atoms with Crippen LogP contribution in [0.1, 0.15) is 232 Å². The SMILES string of the molecule is CCCC/C=C\C/C=C\CCCCCCCCOCC(COP(=O)(O)OCC[N+](C)(C)C)OC(=O)CCCCCCCCCCCCCCCCCCCCCCCC. The fraction of sp³-hybridized carbons (Fsp3) is 0.900. The summed E-state index contributed by atoms with van der Waals surface area (Å²) >= 11 is 0. The first-order valence-electron chi connectivity index (χ1n) is 25.1. The maximum Gasteiger partial charge on any atom is 0.472 e. The molecule has 8 nitrogen and oxygen atoms in total. The van der Waals surface area contributed by atoms with Crippen LogP contribution in [0.5, 0.6) is 0 Å². The molecular weight excluding hydrogens is 758 g/mol. The lowest BCUT2D eigenvalue weighted by atomic mass is 10.0. The van der Waals surface area contributed by atoms with E-state index in [2.05, 4.69) is 38.2 Å². The number of hydrogen-bond donors (Lipinski definition) is 1. The molecule has 0 radical (unpaired) electrons. The molecule has 59 heavy (non-hydrogen) atoms. The van der Waals surface area contributed by atoms with Crippen LogP contribution in [0.3, 0.4) is 0 Å². The van der Waals surface area contributed by atoms with Gasteiger partial charge < -0.3 is 18.9 Å². The summed E-state index contributed by atoms with van der Waals surface area (Å²) in [5, 5.41) is 0. The molecule has 0 bridgehead atoms. The molecule has 2 unspecified atom stereocenters. The molecule has 0 aliphatic carbocycles. The van der Waals surface area contributed by atoms with Gasteiger partial charge in [0.25, 0.3) is 0 Å². The van der Waals surface area contributed by atoms with Crippen molar-refractivity contribution in [3.8, 4) is 0 Å². The van der Waals surface area contributed by atoms with Gasteiger partial charge in [-0.15, -0.1) is 0 Å². The van der Waals surface area contributed by atoms with Crippen LogP contribution in [0, 0.1) is 0 Å². The van der Waals surface area contributed by atoms with E-state index in [1.165, 1.54) is 167 Å². The Balaban J connectivity index is 4.10. The average molecular weight is 857 g/mol. The van der Waals surface area contributed by atoms with Crippen molar-refractivity contribution in [3.63, 3.8) is 0 Å². The molecule has 0 fully saturated rings. The molecule has 0 amide bonds. The zero-order valence-corrected chi connectivity index (χ0v) is 40.6. The number of nitrogens with zero attached hydrogens (tertiary/aromatic N) is 1. The smallest absolute Gasteiger partial charge is 0.457 e. The maximum absolute atomic E-state index is 12.7. The van der Waals surface area contributed by atoms with Crippen LogP contribution in [0.25, 0.3) is 0 Å². The second-order valence-corrected chi connectivity index (χ2v) is 19.7. The molecule has 0 saturated heterocycles. The number of phosphoric ester groups is 1. The van der Waals surface area contributed by atoms with Gasteiger partial charge in [0.15, 0.2) is 0 Å². The minimum Gasteiger partial charge on any atom is -0.457 e. The number of esters is 1. The van der Waals surface area contributed by atoms with Crippen LogP contribution < -0.4 is 0 Å². The normalized spacial score (nSPS) is 13.8. The Hall–Kier alpha value is -1.02. The number of hydrogen-bond acceptors (Lipinski definition) is 6. The van der Waals surface area contributed by atoms with E-state index in [1.54, 1.807) is 0 Å². The molecular formula is C50H99NO7P+. The average Bonchev–Trinajstić information content (AvgIpc) is 3.19. The number of ether oxygens (including phenoxy) is 2. The number of phosphoric acid groups is 1. The van der Waals surface area contributed by atoms with Crippen LogP contribution in [-0.4, -0.2) is 75.6 Å². The molecule has 2 atom stereocenters. The Labute approximate surface area is 366 Å². The van der Waals surface area contributed by atoms with Crippen molar-refractivity contribution in [1.82, 2.24) is 0 Å². The lowest BCUT2D eigenvalue weighted by Crippen LogP contribution is -2.37. The Bertz CT molecular complexity index is 998. The standard InChI is InChI=1S/C50H98NO7P/c1-6-8-10-12-14-16-18-20-22-23-24-25-26-27-28-29-31-33-35-37-39-41-43-50(52)58-49(48-57-59(53,54)56-46-44-51(3,4)5)47-55-45-42-40-38-36-34-32-30-21-19-17-15-13-11-9-7-2/h13,15,19,21,49H,6-12,14,16-18,20,22-48H2,1-5H3/p+1/b15-13-,21-19-. The van der Waals surface area contributed by atoms with Crippen LogP contribution in [0.2, 0.25) is 0 Å². The van der Waals surface area contributed by atoms with Gasteiger partial charge in [-0.25, -0.2) is 4.57 Å². The third-order valence-electron chi connectivity index (χ3n) is 11.0. The van der Waals surface area contributed by atoms with Gasteiger partial charge in [-0.1, -0.05) is 212 Å². The highest BCUT2D eigenvalue weighted by Crippen LogP contribution is 2.43. The number of carbonyl (C=O) groups is 1. The highest BCUT2D eigenvalue weighted by Gasteiger charge is 2.26. The molecule has 1 N–H and O–H groups in total. The van der Waals surface area contributed by atoms with E-state index in [1.807, 2.05) is 21.1 Å². The molecule has 0 heterocycles. The predicted molar refractivity (Wildman–Crippen MR) is 252 cm³/mol. The van der Waals surface area contributed by atoms with Crippen LogP contribution >= 0.6 is 7.82 Å². The summed E-state index contributed by atoms with van der Waals surface area (Å²) in [4.78, 5) is 23.0. The third-order valence-corrected chi connectivity index (χ3v) is 12.0. The van der Waals surface area contributed by atoms with Gasteiger partial charge in [0.1, 0.15) is 19.3 Å². The number of unbranched alkanes of at least 4 members (excludes halogenated alkanes) is 29. The molecule has 0 spiro atoms. The largest absolute Gasteiger partial charge is 0.472 e. The van der Waals surface area contributed by atoms with Crippen molar-refractivity contribution in [2.24, 2.45) is 0 Å². The van der Waals surface area contributed by atoms with Gasteiger partial charge in [-0.2, -0.15) is 0 Å². The van der Waals surface area contributed by atoms with E-state index >= 15 is 0 Å². The zero-order valence-electron chi connectivity index (χ0n) is 39.8. The summed E-state index contributed by atoms with van der Waals surface area (Å²) in [6.07, 6.45) is 50.8. The van der Waals surface area contributed by atoms with Crippen molar-refractivity contribution in [2.75, 3.05) is 54.1 Å². The second kappa shape index (κ2) is 43.6. The van der Waals surface area contributed by atoms with Crippen LogP contribution in [-0.2, 0) is 27.9 Å². The summed E-state index contributed by atoms with van der Waals surface area (Å²) in [5.74, 6) is -0.313. The van der Waals surface area contributed by atoms with Crippen molar-refractivity contribution >= 4 is 13.8 Å². The van der Waals surface area contributed by atoms with Crippen molar-refractivity contribution in [2.45, 2.75) is 238 Å². The first-order valence-corrected chi connectivity index (χ1v) is 26.6. The summed E-state index contributed by atoms with van der Waals surface area (Å²) in [7, 11) is 1.67. The second-order valence-electron chi connectivity index (χ2n) is 18.2. The highest BCUT2D eigenvalue weighted by atomic mass is 31.2. The van der Waals surface area contributed by atoms with Gasteiger partial charge in [0.2, 0.25) is 0 Å². The topological polar surface area (TPSA) is 91.3 Å². The minimum absolute atomic E-state index is 0.0885. The van der Waals surface area contributed by atoms with E-state index in [-0.39, 0.29) is 25.8 Å². The Morgan fingerprint density at radius 1 is 0.525 bits per heavy atom. The van der Waals surface area contributed by atoms with E-state index in [4.69, 9.17) is 18.5 Å². The van der Waals surface area contributed by atoms with Gasteiger partial charge in [-0.3, -0.25) is 13.8 Å². The summed E-state index contributed by atoms with van der Waals surface area (Å²) in [6.45, 7) is 5.60. The molecule has 0 rings (SSSR count). The van der Waals surface area contributed by atoms with E-state index in [9.17, 15) is 14.3 Å². The molecule has 0 aliphatic heterocycles. The van der Waals surface area contributed by atoms with Gasteiger partial charge in [-0.05, 0) is 38.5 Å². The summed E-state index contributed by atoms with van der Waals surface area (Å²) < 4.78 is 35.1. The molecule has 0 aliphatic rings. The molecule has 0 aromatic carbocycles. The monoisotopic (exact) mass is 857 g/mol. The quantitative estimate of drug-likeness (QED) is 0.0214. The molecule has 0 aromatic heterocycles. The molecule has 0 aromatic rings. The molecule has 9 heteroatoms. The zero-order chi connectivity index (χ0) is 43.4. The maximum atomic E-state index is 12.7. The Morgan fingerprint density at radius 3 is 1.42 bits per heavy atom. The number of likely N-dealkylation sites (N-methyl/N-ethyl adjacent to an activating group) is 1. The van der Waals surface area contributed by atoms with Crippen LogP contribution in [0.4, 0.5) is 0 Å². The Kier molecular flexibility index (Phi) is 42.9. The van der Waals surface area contributed by atoms with Gasteiger partial charge in [0.05, 0.1) is 34.4 Å². The van der Waals surface area contributed by atoms with Crippen LogP contribution in [0.15, 0.2) is 24.3 Å². The fourth-order valence-electron chi connectivity index (χ4n) is 7.10. The predicted octanol–water partition coefficient (Wildman–Crippen LogP) is 15.2. The fourth-order valence-corrected chi connectivity index (χ4v) is 7.84. The number of allylic oxidation sites excluding steroid dienone is 4. The third kappa shape index (κ3) is 47.9. The Morgan fingerprint density at radius 2 is 0.949 bits per heavy atom. The summed E-state index contributed by atoms with van der Waals surface area (Å²) in [5.41, 5.74) is 0. The van der Waals surface area contributed by atoms with Crippen molar-refractivity contribution < 1.29 is 37.3 Å². The number of rotatable bonds is 47. The highest BCUT2D eigenvalue weighted by molar-refractivity contribution is 7.47. The number of carbonyl (C=O) groups excluding carboxylic acids is 1. The van der Waals surface area contributed by atoms with Gasteiger partial charge in [0, 0.05) is 13.0 Å². The molecule has 350 valence electrons. The van der Waals surface area contributed by atoms with E-state index < -0.39 is 13.9 Å². The van der Waals surface area contributed by atoms with Crippen molar-refractivity contribution in [3.05, 3.63) is 24.3 Å². The lowest BCUT2D eigenvalue weighted by molar-refractivity contribution is -0.870. The first kappa shape index (κ1) is 58.0. The summed E-state index contributed by atoms with van der Waals surface area (Å²) in [6, 6.07) is 0. The van der Waals surface area contributed by atoms with Crippen molar-refractivity contribution in [1.29, 1.82) is 0 Å². The molecule has 0 saturated carbocycles. The van der Waals surface area contributed by atoms with E-state index in [0.29, 0.717) is 24.1 Å². The first-order chi connectivity index (χ1) is 28.6. The van der Waals surface area contributed by atoms with Gasteiger partial charge >= 0.3 is 13.8 Å².